The molecule has 2 aromatic heterocycles. The van der Waals surface area contributed by atoms with Crippen molar-refractivity contribution in [3.8, 4) is 28.4 Å². The number of rotatable bonds is 10. The van der Waals surface area contributed by atoms with Crippen molar-refractivity contribution < 1.29 is 40.4 Å². The van der Waals surface area contributed by atoms with Crippen molar-refractivity contribution in [1.82, 2.24) is 24.4 Å². The Bertz CT molecular complexity index is 1960. The van der Waals surface area contributed by atoms with Gasteiger partial charge in [0, 0.05) is 44.7 Å². The number of likely N-dealkylation sites (tertiary alicyclic amines) is 1. The summed E-state index contributed by atoms with van der Waals surface area (Å²) in [5.74, 6) is 0.520. The number of carbonyl (C=O) groups is 1. The van der Waals surface area contributed by atoms with E-state index in [0.717, 1.165) is 12.1 Å². The Balaban J connectivity index is 1.48. The Morgan fingerprint density at radius 1 is 0.980 bits per heavy atom. The molecule has 3 heterocycles. The Morgan fingerprint density at radius 3 is 2.24 bits per heavy atom. The molecule has 1 saturated heterocycles. The molecule has 1 aliphatic rings. The highest BCUT2D eigenvalue weighted by Gasteiger charge is 2.56. The highest BCUT2D eigenvalue weighted by molar-refractivity contribution is 7.88. The summed E-state index contributed by atoms with van der Waals surface area (Å²) in [4.78, 5) is 28.1. The normalized spacial score (nSPS) is 17.5. The molecule has 49 heavy (non-hydrogen) atoms. The fraction of sp³-hybridized carbons (Fsp3) is 0.455. The summed E-state index contributed by atoms with van der Waals surface area (Å²) in [7, 11) is -7.16. The summed E-state index contributed by atoms with van der Waals surface area (Å²) in [6.07, 6.45) is 5.32. The molecule has 0 radical (unpaired) electrons. The zero-order valence-corrected chi connectivity index (χ0v) is 30.0. The number of fused-ring (bicyclic) bond motifs is 1. The average molecular weight is 720 g/mol. The van der Waals surface area contributed by atoms with E-state index in [1.807, 2.05) is 25.3 Å². The van der Waals surface area contributed by atoms with Crippen molar-refractivity contribution in [2.24, 2.45) is 5.41 Å². The van der Waals surface area contributed by atoms with Crippen LogP contribution in [0.2, 0.25) is 25.7 Å². The first kappa shape index (κ1) is 36.3. The molecule has 264 valence electrons. The standard InChI is InChI=1S/C33H40F3N5O6SSi/c1-31(2,3)32(12-7-13-41(32)30(42)43)29-39-20-27(40(29)21-46-14-15-49(4,5)6)25-18-37-28(38-19-25)24-9-8-23-17-26(11-10-22(23)16-24)47-48(44,45)33(34,35)36/h8-11,16-20H,7,12-15,21H2,1-6H3,(H,42,43)/t32-/m1/s1. The maximum Gasteiger partial charge on any atom is 0.534 e. The lowest BCUT2D eigenvalue weighted by atomic mass is 9.71. The molecule has 0 spiro atoms. The zero-order valence-electron chi connectivity index (χ0n) is 28.2. The second-order valence-electron chi connectivity index (χ2n) is 14.4. The number of hydrogen-bond donors (Lipinski definition) is 1. The van der Waals surface area contributed by atoms with Crippen molar-refractivity contribution in [2.45, 2.75) is 77.1 Å². The largest absolute Gasteiger partial charge is 0.534 e. The van der Waals surface area contributed by atoms with Gasteiger partial charge in [-0.25, -0.2) is 19.7 Å². The molecule has 0 saturated carbocycles. The van der Waals surface area contributed by atoms with Crippen LogP contribution < -0.4 is 4.18 Å². The minimum atomic E-state index is -5.80. The number of halogens is 3. The Kier molecular flexibility index (Phi) is 9.64. The Morgan fingerprint density at radius 2 is 1.63 bits per heavy atom. The van der Waals surface area contributed by atoms with E-state index in [9.17, 15) is 31.5 Å². The monoisotopic (exact) mass is 719 g/mol. The summed E-state index contributed by atoms with van der Waals surface area (Å²) >= 11 is 0. The van der Waals surface area contributed by atoms with Crippen LogP contribution in [0.3, 0.4) is 0 Å². The van der Waals surface area contributed by atoms with Gasteiger partial charge in [0.15, 0.2) is 5.82 Å². The minimum absolute atomic E-state index is 0.169. The van der Waals surface area contributed by atoms with E-state index in [1.54, 1.807) is 36.8 Å². The van der Waals surface area contributed by atoms with Gasteiger partial charge in [0.25, 0.3) is 0 Å². The number of nitrogens with zero attached hydrogens (tertiary/aromatic N) is 5. The van der Waals surface area contributed by atoms with Gasteiger partial charge in [-0.3, -0.25) is 4.90 Å². The van der Waals surface area contributed by atoms with E-state index in [1.165, 1.54) is 17.0 Å². The highest BCUT2D eigenvalue weighted by atomic mass is 32.2. The van der Waals surface area contributed by atoms with Crippen LogP contribution in [0.4, 0.5) is 18.0 Å². The number of alkyl halides is 3. The summed E-state index contributed by atoms with van der Waals surface area (Å²) in [6.45, 7) is 14.0. The number of imidazole rings is 1. The second-order valence-corrected chi connectivity index (χ2v) is 21.6. The molecule has 1 fully saturated rings. The predicted molar refractivity (Wildman–Crippen MR) is 181 cm³/mol. The first-order valence-corrected chi connectivity index (χ1v) is 20.9. The topological polar surface area (TPSA) is 137 Å². The smallest absolute Gasteiger partial charge is 0.465 e. The molecule has 0 aliphatic carbocycles. The van der Waals surface area contributed by atoms with Crippen LogP contribution in [-0.4, -0.2) is 70.8 Å². The molecule has 5 rings (SSSR count). The fourth-order valence-corrected chi connectivity index (χ4v) is 7.43. The van der Waals surface area contributed by atoms with E-state index in [4.69, 9.17) is 9.72 Å². The van der Waals surface area contributed by atoms with Crippen LogP contribution >= 0.6 is 0 Å². The van der Waals surface area contributed by atoms with E-state index < -0.39 is 46.5 Å². The van der Waals surface area contributed by atoms with E-state index in [-0.39, 0.29) is 6.73 Å². The van der Waals surface area contributed by atoms with Gasteiger partial charge < -0.3 is 18.6 Å². The highest BCUT2D eigenvalue weighted by Crippen LogP contribution is 2.51. The van der Waals surface area contributed by atoms with Gasteiger partial charge in [0.05, 0.1) is 11.9 Å². The lowest BCUT2D eigenvalue weighted by Crippen LogP contribution is -2.54. The molecule has 1 atom stereocenters. The first-order valence-electron chi connectivity index (χ1n) is 15.8. The van der Waals surface area contributed by atoms with Gasteiger partial charge in [-0.05, 0) is 53.3 Å². The van der Waals surface area contributed by atoms with Crippen LogP contribution in [0.1, 0.15) is 39.4 Å². The van der Waals surface area contributed by atoms with Gasteiger partial charge in [-0.2, -0.15) is 21.6 Å². The third-order valence-electron chi connectivity index (χ3n) is 8.80. The summed E-state index contributed by atoms with van der Waals surface area (Å²) < 4.78 is 73.5. The van der Waals surface area contributed by atoms with Gasteiger partial charge >= 0.3 is 21.7 Å². The number of carboxylic acid groups (broad SMARTS) is 1. The third-order valence-corrected chi connectivity index (χ3v) is 11.5. The average Bonchev–Trinajstić information content (AvgIpc) is 3.63. The van der Waals surface area contributed by atoms with Gasteiger partial charge in [-0.1, -0.05) is 58.6 Å². The Hall–Kier alpha value is -4.02. The molecule has 0 unspecified atom stereocenters. The molecule has 16 heteroatoms. The maximum absolute atomic E-state index is 12.8. The van der Waals surface area contributed by atoms with E-state index in [2.05, 4.69) is 33.8 Å². The molecule has 0 bridgehead atoms. The maximum atomic E-state index is 12.8. The number of ether oxygens (including phenoxy) is 1. The summed E-state index contributed by atoms with van der Waals surface area (Å²) in [6, 6.07) is 9.77. The lowest BCUT2D eigenvalue weighted by Gasteiger charge is -2.46. The van der Waals surface area contributed by atoms with Crippen LogP contribution in [0.25, 0.3) is 33.4 Å². The number of amides is 1. The number of benzene rings is 2. The third kappa shape index (κ3) is 7.31. The molecular formula is C33H40F3N5O6SSi. The Labute approximate surface area is 284 Å². The SMILES string of the molecule is CC(C)(C)[C@]1(c2ncc(-c3cnc(-c4ccc5cc(OS(=O)(=O)C(F)(F)F)ccc5c4)nc3)n2COCC[Si](C)(C)C)CCCN1C(=O)O. The van der Waals surface area contributed by atoms with Crippen molar-refractivity contribution in [3.63, 3.8) is 0 Å². The lowest BCUT2D eigenvalue weighted by molar-refractivity contribution is -0.0500. The molecule has 1 aliphatic heterocycles. The molecule has 4 aromatic rings. The predicted octanol–water partition coefficient (Wildman–Crippen LogP) is 7.72. The second kappa shape index (κ2) is 13.0. The number of hydrogen-bond acceptors (Lipinski definition) is 8. The van der Waals surface area contributed by atoms with Crippen molar-refractivity contribution >= 4 is 35.1 Å². The quantitative estimate of drug-likeness (QED) is 0.0756. The minimum Gasteiger partial charge on any atom is -0.465 e. The molecule has 1 amide bonds. The summed E-state index contributed by atoms with van der Waals surface area (Å²) in [5, 5.41) is 11.3. The molecule has 1 N–H and O–H groups in total. The molecule has 2 aromatic carbocycles. The van der Waals surface area contributed by atoms with E-state index in [0.29, 0.717) is 65.2 Å². The van der Waals surface area contributed by atoms with Crippen molar-refractivity contribution in [2.75, 3.05) is 13.2 Å². The molecule has 11 nitrogen and oxygen atoms in total. The van der Waals surface area contributed by atoms with Crippen molar-refractivity contribution in [3.05, 3.63) is 60.8 Å². The van der Waals surface area contributed by atoms with Crippen LogP contribution in [0.15, 0.2) is 55.0 Å². The fourth-order valence-electron chi connectivity index (χ4n) is 6.22. The zero-order chi connectivity index (χ0) is 36.0. The number of aromatic nitrogens is 4. The van der Waals surface area contributed by atoms with Gasteiger partial charge in [-0.15, -0.1) is 0 Å². The van der Waals surface area contributed by atoms with Gasteiger partial charge in [0.2, 0.25) is 0 Å². The van der Waals surface area contributed by atoms with Gasteiger partial charge in [0.1, 0.15) is 23.8 Å². The van der Waals surface area contributed by atoms with Crippen LogP contribution in [-0.2, 0) is 27.1 Å². The van der Waals surface area contributed by atoms with E-state index >= 15 is 0 Å². The molecular weight excluding hydrogens is 680 g/mol. The van der Waals surface area contributed by atoms with Crippen LogP contribution in [0.5, 0.6) is 5.75 Å². The first-order chi connectivity index (χ1) is 22.7. The van der Waals surface area contributed by atoms with Crippen molar-refractivity contribution in [1.29, 1.82) is 0 Å². The summed E-state index contributed by atoms with van der Waals surface area (Å²) in [5.41, 5.74) is -4.99. The van der Waals surface area contributed by atoms with Crippen LogP contribution in [0, 0.1) is 5.41 Å².